The van der Waals surface area contributed by atoms with E-state index in [0.29, 0.717) is 37.0 Å². The van der Waals surface area contributed by atoms with E-state index in [1.54, 1.807) is 18.0 Å². The molecule has 1 spiro atoms. The Hall–Kier alpha value is -3.66. The molecule has 0 bridgehead atoms. The van der Waals surface area contributed by atoms with Crippen LogP contribution in [0.15, 0.2) is 46.4 Å². The Labute approximate surface area is 280 Å². The molecule has 0 aliphatic carbocycles. The standard InChI is InChI=1S/C33H44FN7O6S/c1-5-41(22(2)3)32(42)27-14-24(34)6-9-28(27)47-29-15-35-21-37-31(29)40-19-33(20-40)10-12-39(13-11-33)17-26-8-7-25(18-45-26)38-48(43,44)30-16-36-23(4)46-30/h6,9,14-16,21-22,25-26,38H,5,7-8,10-13,17-20H2,1-4H3/t25-,26+/m1/s1. The maximum atomic E-state index is 14.3. The summed E-state index contributed by atoms with van der Waals surface area (Å²) >= 11 is 0. The van der Waals surface area contributed by atoms with Gasteiger partial charge in [-0.05, 0) is 77.7 Å². The number of piperidine rings is 1. The molecule has 0 saturated carbocycles. The van der Waals surface area contributed by atoms with Crippen molar-refractivity contribution in [2.45, 2.75) is 76.7 Å². The average Bonchev–Trinajstić information content (AvgIpc) is 3.50. The van der Waals surface area contributed by atoms with Crippen LogP contribution >= 0.6 is 0 Å². The lowest BCUT2D eigenvalue weighted by Crippen LogP contribution is -2.61. The van der Waals surface area contributed by atoms with E-state index in [2.05, 4.69) is 29.5 Å². The third-order valence-corrected chi connectivity index (χ3v) is 10.9. The molecule has 48 heavy (non-hydrogen) atoms. The van der Waals surface area contributed by atoms with Gasteiger partial charge in [-0.15, -0.1) is 0 Å². The van der Waals surface area contributed by atoms with E-state index in [1.807, 2.05) is 20.8 Å². The van der Waals surface area contributed by atoms with E-state index < -0.39 is 15.8 Å². The van der Waals surface area contributed by atoms with Crippen molar-refractivity contribution in [1.82, 2.24) is 29.5 Å². The number of likely N-dealkylation sites (tertiary alicyclic amines) is 1. The van der Waals surface area contributed by atoms with Gasteiger partial charge in [-0.2, -0.15) is 0 Å². The van der Waals surface area contributed by atoms with Gasteiger partial charge < -0.3 is 28.6 Å². The zero-order valence-electron chi connectivity index (χ0n) is 27.9. The van der Waals surface area contributed by atoms with E-state index in [0.717, 1.165) is 52.0 Å². The Morgan fingerprint density at radius 1 is 1.17 bits per heavy atom. The number of amides is 1. The van der Waals surface area contributed by atoms with Crippen LogP contribution in [0.5, 0.6) is 11.5 Å². The summed E-state index contributed by atoms with van der Waals surface area (Å²) < 4.78 is 59.6. The number of carbonyl (C=O) groups excluding carboxylic acids is 1. The second kappa shape index (κ2) is 14.1. The Balaban J connectivity index is 1.00. The molecule has 3 aliphatic rings. The molecule has 260 valence electrons. The second-order valence-corrected chi connectivity index (χ2v) is 15.0. The van der Waals surface area contributed by atoms with E-state index in [-0.39, 0.29) is 45.9 Å². The molecule has 6 rings (SSSR count). The first-order valence-electron chi connectivity index (χ1n) is 16.6. The maximum Gasteiger partial charge on any atom is 0.275 e. The van der Waals surface area contributed by atoms with E-state index >= 15 is 0 Å². The number of nitrogens with one attached hydrogen (secondary N) is 1. The first-order valence-corrected chi connectivity index (χ1v) is 18.1. The van der Waals surface area contributed by atoms with Crippen LogP contribution in [0.4, 0.5) is 10.2 Å². The van der Waals surface area contributed by atoms with E-state index in [1.165, 1.54) is 30.7 Å². The van der Waals surface area contributed by atoms with Crippen molar-refractivity contribution in [1.29, 1.82) is 0 Å². The molecular formula is C33H44FN7O6S. The number of hydrogen-bond donors (Lipinski definition) is 1. The Morgan fingerprint density at radius 3 is 2.58 bits per heavy atom. The topological polar surface area (TPSA) is 143 Å². The molecule has 0 radical (unpaired) electrons. The Kier molecular flexibility index (Phi) is 10.0. The lowest BCUT2D eigenvalue weighted by molar-refractivity contribution is -0.0299. The van der Waals surface area contributed by atoms with Crippen LogP contribution in [0.3, 0.4) is 0 Å². The highest BCUT2D eigenvalue weighted by molar-refractivity contribution is 7.89. The molecular weight excluding hydrogens is 641 g/mol. The number of halogens is 1. The van der Waals surface area contributed by atoms with Gasteiger partial charge in [0.05, 0.1) is 30.7 Å². The first kappa shape index (κ1) is 34.2. The largest absolute Gasteiger partial charge is 0.451 e. The van der Waals surface area contributed by atoms with Gasteiger partial charge in [0, 0.05) is 50.6 Å². The second-order valence-electron chi connectivity index (χ2n) is 13.3. The van der Waals surface area contributed by atoms with Crippen LogP contribution in [0, 0.1) is 18.2 Å². The fourth-order valence-corrected chi connectivity index (χ4v) is 8.07. The summed E-state index contributed by atoms with van der Waals surface area (Å²) in [5.41, 5.74) is 0.331. The van der Waals surface area contributed by atoms with Crippen molar-refractivity contribution in [2.24, 2.45) is 5.41 Å². The molecule has 3 fully saturated rings. The number of rotatable bonds is 11. The Morgan fingerprint density at radius 2 is 1.94 bits per heavy atom. The number of ether oxygens (including phenoxy) is 2. The molecule has 3 aliphatic heterocycles. The van der Waals surface area contributed by atoms with Gasteiger partial charge in [-0.3, -0.25) is 4.79 Å². The lowest BCUT2D eigenvalue weighted by Gasteiger charge is -2.54. The minimum absolute atomic E-state index is 0.0511. The number of nitrogens with zero attached hydrogens (tertiary/aromatic N) is 6. The third kappa shape index (κ3) is 7.48. The summed E-state index contributed by atoms with van der Waals surface area (Å²) in [6, 6.07) is 3.63. The van der Waals surface area contributed by atoms with Gasteiger partial charge in [0.15, 0.2) is 17.5 Å². The van der Waals surface area contributed by atoms with E-state index in [4.69, 9.17) is 13.9 Å². The fourth-order valence-electron chi connectivity index (χ4n) is 6.91. The summed E-state index contributed by atoms with van der Waals surface area (Å²) in [5.74, 6) is 0.832. The number of hydrogen-bond acceptors (Lipinski definition) is 11. The monoisotopic (exact) mass is 685 g/mol. The smallest absolute Gasteiger partial charge is 0.275 e. The van der Waals surface area contributed by atoms with Gasteiger partial charge in [0.25, 0.3) is 21.0 Å². The lowest BCUT2D eigenvalue weighted by atomic mass is 9.72. The minimum atomic E-state index is -3.77. The number of oxazole rings is 1. The average molecular weight is 686 g/mol. The zero-order valence-corrected chi connectivity index (χ0v) is 28.7. The SMILES string of the molecule is CCN(C(=O)c1cc(F)ccc1Oc1cncnc1N1CC2(CCN(C[C@@H]3CC[C@@H](NS(=O)(=O)c4cnc(C)o4)CO3)CC2)C1)C(C)C. The molecule has 13 nitrogen and oxygen atoms in total. The van der Waals surface area contributed by atoms with Crippen LogP contribution in [-0.2, 0) is 14.8 Å². The van der Waals surface area contributed by atoms with Crippen LogP contribution < -0.4 is 14.4 Å². The molecule has 5 heterocycles. The molecule has 1 aromatic carbocycles. The van der Waals surface area contributed by atoms with Crippen molar-refractivity contribution in [3.63, 3.8) is 0 Å². The number of sulfonamides is 1. The van der Waals surface area contributed by atoms with Gasteiger partial charge in [-0.1, -0.05) is 0 Å². The number of aryl methyl sites for hydroxylation is 1. The van der Waals surface area contributed by atoms with Crippen LogP contribution in [0.2, 0.25) is 0 Å². The third-order valence-electron chi connectivity index (χ3n) is 9.56. The zero-order chi connectivity index (χ0) is 34.1. The number of aromatic nitrogens is 3. The summed E-state index contributed by atoms with van der Waals surface area (Å²) in [7, 11) is -3.77. The number of anilines is 1. The van der Waals surface area contributed by atoms with Crippen molar-refractivity contribution in [3.05, 3.63) is 54.2 Å². The highest BCUT2D eigenvalue weighted by Gasteiger charge is 2.46. The molecule has 1 N–H and O–H groups in total. The predicted octanol–water partition coefficient (Wildman–Crippen LogP) is 4.00. The fraction of sp³-hybridized carbons (Fsp3) is 0.576. The van der Waals surface area contributed by atoms with E-state index in [9.17, 15) is 17.6 Å². The summed E-state index contributed by atoms with van der Waals surface area (Å²) in [4.78, 5) is 32.2. The molecule has 15 heteroatoms. The first-order chi connectivity index (χ1) is 22.9. The van der Waals surface area contributed by atoms with Gasteiger partial charge in [0.1, 0.15) is 17.9 Å². The van der Waals surface area contributed by atoms with Gasteiger partial charge >= 0.3 is 0 Å². The van der Waals surface area contributed by atoms with Crippen molar-refractivity contribution in [3.8, 4) is 11.5 Å². The van der Waals surface area contributed by atoms with Crippen molar-refractivity contribution in [2.75, 3.05) is 50.8 Å². The molecule has 1 amide bonds. The summed E-state index contributed by atoms with van der Waals surface area (Å²) in [6.45, 7) is 12.5. The molecule has 3 saturated heterocycles. The molecule has 0 unspecified atom stereocenters. The molecule has 3 aromatic rings. The quantitative estimate of drug-likeness (QED) is 0.313. The van der Waals surface area contributed by atoms with Crippen LogP contribution in [0.1, 0.15) is 62.7 Å². The Bertz CT molecular complexity index is 1700. The summed E-state index contributed by atoms with van der Waals surface area (Å²) in [5, 5.41) is -0.179. The highest BCUT2D eigenvalue weighted by atomic mass is 32.2. The molecule has 2 atom stereocenters. The minimum Gasteiger partial charge on any atom is -0.451 e. The van der Waals surface area contributed by atoms with Crippen LogP contribution in [-0.4, -0.2) is 103 Å². The highest BCUT2D eigenvalue weighted by Crippen LogP contribution is 2.45. The molecule has 2 aromatic heterocycles. The van der Waals surface area contributed by atoms with Crippen LogP contribution in [0.25, 0.3) is 0 Å². The van der Waals surface area contributed by atoms with Gasteiger partial charge in [0.2, 0.25) is 0 Å². The normalized spacial score (nSPS) is 21.3. The number of carbonyl (C=O) groups is 1. The van der Waals surface area contributed by atoms with Crippen molar-refractivity contribution < 1.29 is 31.5 Å². The van der Waals surface area contributed by atoms with Crippen molar-refractivity contribution >= 4 is 21.7 Å². The maximum absolute atomic E-state index is 14.3. The number of benzene rings is 1. The predicted molar refractivity (Wildman–Crippen MR) is 175 cm³/mol. The summed E-state index contributed by atoms with van der Waals surface area (Å²) in [6.07, 6.45) is 7.88. The van der Waals surface area contributed by atoms with Gasteiger partial charge in [-0.25, -0.2) is 32.5 Å².